The first-order valence-corrected chi connectivity index (χ1v) is 14.8. The molecule has 3 heterocycles. The van der Waals surface area contributed by atoms with Crippen LogP contribution in [0.25, 0.3) is 5.76 Å². The molecule has 2 aliphatic rings. The van der Waals surface area contributed by atoms with Gasteiger partial charge in [0.15, 0.2) is 11.5 Å². The number of hydrogen-bond acceptors (Lipinski definition) is 7. The van der Waals surface area contributed by atoms with E-state index in [0.29, 0.717) is 61.8 Å². The van der Waals surface area contributed by atoms with Gasteiger partial charge in [-0.1, -0.05) is 25.8 Å². The first-order valence-electron chi connectivity index (χ1n) is 14.8. The standard InChI is InChI=1S/C33H39N3O6/c1-4-6-7-17-41-27-12-9-23(20-28(27)40-5-2)30-29(31(37)24-10-11-26-25(19-24)18-22(3)42-26)32(38)33(39)36(30)15-8-14-35-16-13-34-21-35/h9-13,16,19-22,30,37H,4-8,14-15,17-18H2,1-3H3/b31-29+. The molecule has 3 aromatic rings. The van der Waals surface area contributed by atoms with E-state index in [9.17, 15) is 14.7 Å². The van der Waals surface area contributed by atoms with Crippen molar-refractivity contribution < 1.29 is 28.9 Å². The second kappa shape index (κ2) is 13.1. The minimum absolute atomic E-state index is 0.0400. The third kappa shape index (κ3) is 6.15. The number of rotatable bonds is 13. The lowest BCUT2D eigenvalue weighted by atomic mass is 9.94. The van der Waals surface area contributed by atoms with E-state index in [0.717, 1.165) is 30.6 Å². The minimum atomic E-state index is -0.787. The fourth-order valence-corrected chi connectivity index (χ4v) is 5.64. The van der Waals surface area contributed by atoms with Gasteiger partial charge in [-0.2, -0.15) is 0 Å². The van der Waals surface area contributed by atoms with Gasteiger partial charge >= 0.3 is 0 Å². The predicted molar refractivity (Wildman–Crippen MR) is 159 cm³/mol. The van der Waals surface area contributed by atoms with Crippen LogP contribution in [-0.2, 0) is 22.6 Å². The lowest BCUT2D eigenvalue weighted by Crippen LogP contribution is -2.31. The van der Waals surface area contributed by atoms with Gasteiger partial charge in [0.2, 0.25) is 0 Å². The average molecular weight is 574 g/mol. The number of aliphatic hydroxyl groups excluding tert-OH is 1. The van der Waals surface area contributed by atoms with Crippen LogP contribution in [0, 0.1) is 0 Å². The van der Waals surface area contributed by atoms with Crippen LogP contribution < -0.4 is 14.2 Å². The third-order valence-corrected chi connectivity index (χ3v) is 7.67. The first-order chi connectivity index (χ1) is 20.4. The van der Waals surface area contributed by atoms with Crippen LogP contribution in [0.3, 0.4) is 0 Å². The third-order valence-electron chi connectivity index (χ3n) is 7.67. The number of carbonyl (C=O) groups excluding carboxylic acids is 2. The number of ether oxygens (including phenoxy) is 3. The summed E-state index contributed by atoms with van der Waals surface area (Å²) in [6, 6.07) is 10.1. The number of likely N-dealkylation sites (tertiary alicyclic amines) is 1. The molecule has 2 atom stereocenters. The molecule has 5 rings (SSSR count). The van der Waals surface area contributed by atoms with E-state index in [-0.39, 0.29) is 17.4 Å². The Labute approximate surface area is 246 Å². The van der Waals surface area contributed by atoms with E-state index in [1.165, 1.54) is 0 Å². The van der Waals surface area contributed by atoms with Crippen molar-refractivity contribution in [1.82, 2.24) is 14.5 Å². The van der Waals surface area contributed by atoms with Gasteiger partial charge < -0.3 is 28.8 Å². The van der Waals surface area contributed by atoms with Gasteiger partial charge in [0.1, 0.15) is 17.6 Å². The molecule has 0 radical (unpaired) electrons. The van der Waals surface area contributed by atoms with Crippen LogP contribution >= 0.6 is 0 Å². The molecule has 222 valence electrons. The highest BCUT2D eigenvalue weighted by atomic mass is 16.5. The summed E-state index contributed by atoms with van der Waals surface area (Å²) in [6.07, 6.45) is 9.74. The Balaban J connectivity index is 1.52. The lowest BCUT2D eigenvalue weighted by molar-refractivity contribution is -0.139. The number of carbonyl (C=O) groups is 2. The zero-order valence-corrected chi connectivity index (χ0v) is 24.5. The summed E-state index contributed by atoms with van der Waals surface area (Å²) in [5, 5.41) is 11.6. The molecule has 0 saturated carbocycles. The maximum Gasteiger partial charge on any atom is 0.295 e. The molecule has 2 unspecified atom stereocenters. The summed E-state index contributed by atoms with van der Waals surface area (Å²) in [4.78, 5) is 32.7. The molecule has 0 bridgehead atoms. The van der Waals surface area contributed by atoms with Crippen molar-refractivity contribution >= 4 is 17.4 Å². The number of aliphatic hydroxyl groups is 1. The summed E-state index contributed by atoms with van der Waals surface area (Å²) in [7, 11) is 0. The fraction of sp³-hybridized carbons (Fsp3) is 0.424. The lowest BCUT2D eigenvalue weighted by Gasteiger charge is -2.26. The summed E-state index contributed by atoms with van der Waals surface area (Å²) in [6.45, 7) is 7.97. The molecule has 1 aromatic heterocycles. The number of hydrogen-bond donors (Lipinski definition) is 1. The van der Waals surface area contributed by atoms with Crippen molar-refractivity contribution in [3.63, 3.8) is 0 Å². The van der Waals surface area contributed by atoms with Crippen LogP contribution in [-0.4, -0.2) is 57.1 Å². The number of aryl methyl sites for hydroxylation is 1. The van der Waals surface area contributed by atoms with Crippen LogP contribution in [0.15, 0.2) is 60.7 Å². The molecule has 0 spiro atoms. The molecule has 2 aromatic carbocycles. The molecule has 9 heteroatoms. The molecular weight excluding hydrogens is 534 g/mol. The second-order valence-corrected chi connectivity index (χ2v) is 10.8. The van der Waals surface area contributed by atoms with Gasteiger partial charge in [-0.15, -0.1) is 0 Å². The van der Waals surface area contributed by atoms with Crippen LogP contribution in [0.5, 0.6) is 17.2 Å². The number of imidazole rings is 1. The minimum Gasteiger partial charge on any atom is -0.507 e. The number of benzene rings is 2. The van der Waals surface area contributed by atoms with Gasteiger partial charge in [0.05, 0.1) is 31.2 Å². The number of Topliss-reactive ketones (excluding diaryl/α,β-unsaturated/α-hetero) is 1. The van der Waals surface area contributed by atoms with E-state index in [4.69, 9.17) is 14.2 Å². The molecule has 1 amide bonds. The van der Waals surface area contributed by atoms with E-state index in [1.54, 1.807) is 23.5 Å². The Morgan fingerprint density at radius 3 is 2.67 bits per heavy atom. The largest absolute Gasteiger partial charge is 0.507 e. The summed E-state index contributed by atoms with van der Waals surface area (Å²) >= 11 is 0. The number of aromatic nitrogens is 2. The van der Waals surface area contributed by atoms with Gasteiger partial charge in [0, 0.05) is 37.5 Å². The Morgan fingerprint density at radius 1 is 1.05 bits per heavy atom. The predicted octanol–water partition coefficient (Wildman–Crippen LogP) is 5.69. The van der Waals surface area contributed by atoms with Gasteiger partial charge in [-0.25, -0.2) is 4.98 Å². The monoisotopic (exact) mass is 573 g/mol. The Kier molecular flexibility index (Phi) is 9.15. The van der Waals surface area contributed by atoms with Crippen LogP contribution in [0.4, 0.5) is 0 Å². The van der Waals surface area contributed by atoms with Crippen molar-refractivity contribution in [2.45, 2.75) is 71.6 Å². The smallest absolute Gasteiger partial charge is 0.295 e. The van der Waals surface area contributed by atoms with Crippen molar-refractivity contribution in [2.75, 3.05) is 19.8 Å². The fourth-order valence-electron chi connectivity index (χ4n) is 5.64. The van der Waals surface area contributed by atoms with E-state index < -0.39 is 17.7 Å². The molecule has 1 fully saturated rings. The van der Waals surface area contributed by atoms with E-state index >= 15 is 0 Å². The molecule has 1 saturated heterocycles. The number of unbranched alkanes of at least 4 members (excludes halogenated alkanes) is 2. The molecular formula is C33H39N3O6. The van der Waals surface area contributed by atoms with Crippen molar-refractivity contribution in [1.29, 1.82) is 0 Å². The molecule has 1 N–H and O–H groups in total. The van der Waals surface area contributed by atoms with Gasteiger partial charge in [0.25, 0.3) is 11.7 Å². The molecule has 0 aliphatic carbocycles. The first kappa shape index (κ1) is 29.2. The Hall–Kier alpha value is -4.27. The highest BCUT2D eigenvalue weighted by Gasteiger charge is 2.46. The van der Waals surface area contributed by atoms with Crippen molar-refractivity contribution in [2.24, 2.45) is 0 Å². The number of ketones is 1. The highest BCUT2D eigenvalue weighted by molar-refractivity contribution is 6.46. The molecule has 42 heavy (non-hydrogen) atoms. The average Bonchev–Trinajstić information content (AvgIpc) is 3.70. The normalized spacial score (nSPS) is 19.2. The maximum absolute atomic E-state index is 13.6. The zero-order chi connectivity index (χ0) is 29.6. The van der Waals surface area contributed by atoms with Crippen LogP contribution in [0.2, 0.25) is 0 Å². The van der Waals surface area contributed by atoms with Crippen molar-refractivity contribution in [3.8, 4) is 17.2 Å². The van der Waals surface area contributed by atoms with Crippen LogP contribution in [0.1, 0.15) is 69.2 Å². The second-order valence-electron chi connectivity index (χ2n) is 10.8. The molecule has 2 aliphatic heterocycles. The highest BCUT2D eigenvalue weighted by Crippen LogP contribution is 2.43. The number of amides is 1. The molecule has 9 nitrogen and oxygen atoms in total. The van der Waals surface area contributed by atoms with Gasteiger partial charge in [-0.05, 0) is 68.1 Å². The van der Waals surface area contributed by atoms with Crippen molar-refractivity contribution in [3.05, 3.63) is 77.4 Å². The quantitative estimate of drug-likeness (QED) is 0.121. The van der Waals surface area contributed by atoms with E-state index in [2.05, 4.69) is 11.9 Å². The topological polar surface area (TPSA) is 103 Å². The maximum atomic E-state index is 13.6. The number of fused-ring (bicyclic) bond motifs is 1. The van der Waals surface area contributed by atoms with Gasteiger partial charge in [-0.3, -0.25) is 9.59 Å². The summed E-state index contributed by atoms with van der Waals surface area (Å²) < 4.78 is 19.7. The summed E-state index contributed by atoms with van der Waals surface area (Å²) in [5.74, 6) is 0.383. The Morgan fingerprint density at radius 2 is 1.90 bits per heavy atom. The SMILES string of the molecule is CCCCCOc1ccc(C2/C(=C(\O)c3ccc4c(c3)CC(C)O4)C(=O)C(=O)N2CCCn2ccnc2)cc1OCC. The Bertz CT molecular complexity index is 1450. The zero-order valence-electron chi connectivity index (χ0n) is 24.5. The summed E-state index contributed by atoms with van der Waals surface area (Å²) in [5.41, 5.74) is 2.17. The van der Waals surface area contributed by atoms with E-state index in [1.807, 2.05) is 54.9 Å². The number of nitrogens with zero attached hydrogens (tertiary/aromatic N) is 3.